The molecule has 0 saturated heterocycles. The highest BCUT2D eigenvalue weighted by Gasteiger charge is 2.91. The molecular weight excluding hydrogens is 661 g/mol. The molecular formula is C28H28F13NO4. The van der Waals surface area contributed by atoms with Crippen LogP contribution in [0.5, 0.6) is 17.4 Å². The maximum atomic E-state index is 13.9. The van der Waals surface area contributed by atoms with Crippen LogP contribution in [-0.2, 0) is 0 Å². The van der Waals surface area contributed by atoms with Gasteiger partial charge in [0.2, 0.25) is 5.88 Å². The Morgan fingerprint density at radius 3 is 1.63 bits per heavy atom. The first-order chi connectivity index (χ1) is 21.1. The van der Waals surface area contributed by atoms with Crippen molar-refractivity contribution in [3.63, 3.8) is 0 Å². The Bertz CT molecular complexity index is 1250. The molecule has 260 valence electrons. The third kappa shape index (κ3) is 8.66. The Hall–Kier alpha value is -3.47. The first-order valence-electron chi connectivity index (χ1n) is 13.7. The zero-order chi connectivity index (χ0) is 35.0. The van der Waals surface area contributed by atoms with Crippen molar-refractivity contribution < 1.29 is 76.1 Å². The van der Waals surface area contributed by atoms with Crippen LogP contribution in [0.1, 0.15) is 68.6 Å². The summed E-state index contributed by atoms with van der Waals surface area (Å²) >= 11 is 0. The van der Waals surface area contributed by atoms with E-state index in [0.717, 1.165) is 38.3 Å². The van der Waals surface area contributed by atoms with E-state index in [4.69, 9.17) is 9.47 Å². The molecule has 0 aliphatic rings. The number of nitrogens with zero attached hydrogens (tertiary/aromatic N) is 1. The highest BCUT2D eigenvalue weighted by Crippen LogP contribution is 2.60. The molecule has 0 N–H and O–H groups in total. The molecule has 5 nitrogen and oxygen atoms in total. The number of pyridine rings is 1. The second kappa shape index (κ2) is 15.0. The molecule has 0 fully saturated rings. The highest BCUT2D eigenvalue weighted by atomic mass is 19.4. The fraction of sp³-hybridized carbons (Fsp3) is 0.571. The van der Waals surface area contributed by atoms with Crippen LogP contribution in [0.4, 0.5) is 57.1 Å². The third-order valence-electron chi connectivity index (χ3n) is 6.40. The van der Waals surface area contributed by atoms with E-state index in [1.54, 1.807) is 0 Å². The minimum atomic E-state index is -8.04. The van der Waals surface area contributed by atoms with Gasteiger partial charge in [0.05, 0.1) is 12.2 Å². The number of ether oxygens (including phenoxy) is 3. The Morgan fingerprint density at radius 1 is 0.630 bits per heavy atom. The minimum Gasteiger partial charge on any atom is -0.478 e. The summed E-state index contributed by atoms with van der Waals surface area (Å²) in [7, 11) is 0. The van der Waals surface area contributed by atoms with E-state index in [1.807, 2.05) is 0 Å². The second-order valence-corrected chi connectivity index (χ2v) is 9.98. The number of hydrogen-bond donors (Lipinski definition) is 0. The van der Waals surface area contributed by atoms with Gasteiger partial charge in [0.15, 0.2) is 0 Å². The molecule has 0 amide bonds. The number of hydrogen-bond acceptors (Lipinski definition) is 5. The lowest BCUT2D eigenvalue weighted by Crippen LogP contribution is -2.70. The van der Waals surface area contributed by atoms with E-state index in [1.165, 1.54) is 31.4 Å². The predicted octanol–water partition coefficient (Wildman–Crippen LogP) is 9.90. The molecule has 2 rings (SSSR count). The zero-order valence-electron chi connectivity index (χ0n) is 23.9. The summed E-state index contributed by atoms with van der Waals surface area (Å²) in [5, 5.41) is 0. The van der Waals surface area contributed by atoms with Crippen LogP contribution in [0.25, 0.3) is 0 Å². The van der Waals surface area contributed by atoms with Crippen LogP contribution < -0.4 is 14.2 Å². The second-order valence-electron chi connectivity index (χ2n) is 9.98. The number of aromatic nitrogens is 1. The number of rotatable bonds is 18. The number of carbonyl (C=O) groups is 1. The summed E-state index contributed by atoms with van der Waals surface area (Å²) in [5.41, 5.74) is -0.134. The van der Waals surface area contributed by atoms with Crippen LogP contribution in [-0.4, -0.2) is 53.5 Å². The summed E-state index contributed by atoms with van der Waals surface area (Å²) in [4.78, 5) is 16.2. The van der Waals surface area contributed by atoms with Crippen LogP contribution in [0, 0.1) is 0 Å². The van der Waals surface area contributed by atoms with Crippen LogP contribution in [0.2, 0.25) is 0 Å². The van der Waals surface area contributed by atoms with E-state index >= 15 is 0 Å². The van der Waals surface area contributed by atoms with E-state index < -0.39 is 53.4 Å². The van der Waals surface area contributed by atoms with Crippen molar-refractivity contribution in [1.82, 2.24) is 4.98 Å². The first-order valence-corrected chi connectivity index (χ1v) is 13.7. The molecule has 1 aromatic carbocycles. The van der Waals surface area contributed by atoms with Gasteiger partial charge in [-0.1, -0.05) is 51.9 Å². The smallest absolute Gasteiger partial charge is 0.471 e. The molecule has 46 heavy (non-hydrogen) atoms. The van der Waals surface area contributed by atoms with E-state index in [9.17, 15) is 61.9 Å². The van der Waals surface area contributed by atoms with Gasteiger partial charge in [-0.2, -0.15) is 57.1 Å². The largest absolute Gasteiger partial charge is 0.478 e. The molecule has 1 heterocycles. The van der Waals surface area contributed by atoms with Gasteiger partial charge in [0.25, 0.3) is 0 Å². The number of esters is 1. The molecule has 1 aromatic heterocycles. The summed E-state index contributed by atoms with van der Waals surface area (Å²) < 4.78 is 186. The molecule has 0 bridgehead atoms. The molecule has 0 spiro atoms. The molecule has 0 atom stereocenters. The quantitative estimate of drug-likeness (QED) is 0.0675. The summed E-state index contributed by atoms with van der Waals surface area (Å²) in [6.07, 6.45) is -4.51. The molecule has 0 radical (unpaired) electrons. The van der Waals surface area contributed by atoms with Crippen molar-refractivity contribution in [2.45, 2.75) is 94.3 Å². The van der Waals surface area contributed by atoms with Crippen molar-refractivity contribution in [2.24, 2.45) is 0 Å². The summed E-state index contributed by atoms with van der Waals surface area (Å²) in [6.45, 7) is 2.51. The van der Waals surface area contributed by atoms with Crippen molar-refractivity contribution >= 4 is 5.97 Å². The molecule has 2 aromatic rings. The van der Waals surface area contributed by atoms with Gasteiger partial charge in [0, 0.05) is 12.3 Å². The summed E-state index contributed by atoms with van der Waals surface area (Å²) in [5.74, 6) is -34.3. The molecule has 0 aliphatic carbocycles. The number of carbonyl (C=O) groups excluding carboxylic acids is 1. The van der Waals surface area contributed by atoms with Crippen molar-refractivity contribution in [1.29, 1.82) is 0 Å². The van der Waals surface area contributed by atoms with Crippen LogP contribution in [0.15, 0.2) is 42.6 Å². The van der Waals surface area contributed by atoms with Gasteiger partial charge in [-0.05, 0) is 36.8 Å². The monoisotopic (exact) mass is 689 g/mol. The SMILES string of the molecule is CCCCCCCCCCOc1ccc(C(=O)Oc2ccc(OC(F)(F)C(F)(F)C(F)(F)C(F)(F)C(F)(F)C(F)(F)F)cc2)cn1. The zero-order valence-corrected chi connectivity index (χ0v) is 23.9. The molecule has 0 saturated carbocycles. The van der Waals surface area contributed by atoms with Gasteiger partial charge in [-0.3, -0.25) is 0 Å². The molecule has 18 heteroatoms. The number of benzene rings is 1. The average molecular weight is 690 g/mol. The van der Waals surface area contributed by atoms with Crippen LogP contribution in [0.3, 0.4) is 0 Å². The van der Waals surface area contributed by atoms with E-state index in [-0.39, 0.29) is 11.4 Å². The predicted molar refractivity (Wildman–Crippen MR) is 135 cm³/mol. The molecule has 0 aliphatic heterocycles. The van der Waals surface area contributed by atoms with E-state index in [2.05, 4.69) is 16.6 Å². The highest BCUT2D eigenvalue weighted by molar-refractivity contribution is 5.90. The van der Waals surface area contributed by atoms with Gasteiger partial charge in [0.1, 0.15) is 11.5 Å². The van der Waals surface area contributed by atoms with Gasteiger partial charge in [-0.25, -0.2) is 9.78 Å². The van der Waals surface area contributed by atoms with Gasteiger partial charge in [-0.15, -0.1) is 0 Å². The Morgan fingerprint density at radius 2 is 1.13 bits per heavy atom. The number of unbranched alkanes of at least 4 members (excludes halogenated alkanes) is 7. The standard InChI is InChI=1S/C28H28F13NO4/c1-2-3-4-5-6-7-8-9-16-44-21-15-10-18(17-42-21)22(43)45-19-11-13-20(14-12-19)46-28(40,41)26(35,36)24(31,32)23(29,30)25(33,34)27(37,38)39/h10-15,17H,2-9,16H2,1H3. The fourth-order valence-corrected chi connectivity index (χ4v) is 3.71. The lowest BCUT2D eigenvalue weighted by atomic mass is 9.97. The first kappa shape index (κ1) is 38.7. The average Bonchev–Trinajstić information content (AvgIpc) is 2.96. The maximum Gasteiger partial charge on any atom is 0.471 e. The summed E-state index contributed by atoms with van der Waals surface area (Å²) in [6, 6.07) is 4.41. The lowest BCUT2D eigenvalue weighted by Gasteiger charge is -2.39. The molecule has 0 unspecified atom stereocenters. The van der Waals surface area contributed by atoms with Gasteiger partial charge < -0.3 is 14.2 Å². The number of alkyl halides is 13. The number of halogens is 13. The van der Waals surface area contributed by atoms with Crippen molar-refractivity contribution in [3.05, 3.63) is 48.2 Å². The third-order valence-corrected chi connectivity index (χ3v) is 6.40. The Labute approximate surface area is 254 Å². The van der Waals surface area contributed by atoms with Crippen molar-refractivity contribution in [2.75, 3.05) is 6.61 Å². The normalized spacial score (nSPS) is 13.4. The van der Waals surface area contributed by atoms with E-state index in [0.29, 0.717) is 30.9 Å². The van der Waals surface area contributed by atoms with Gasteiger partial charge >= 0.3 is 41.9 Å². The lowest BCUT2D eigenvalue weighted by molar-refractivity contribution is -0.456. The maximum absolute atomic E-state index is 13.9. The Kier molecular flexibility index (Phi) is 12.6. The van der Waals surface area contributed by atoms with Crippen molar-refractivity contribution in [3.8, 4) is 17.4 Å². The minimum absolute atomic E-state index is 0.134. The topological polar surface area (TPSA) is 57.7 Å². The fourth-order valence-electron chi connectivity index (χ4n) is 3.71. The Balaban J connectivity index is 1.97. The van der Waals surface area contributed by atoms with Crippen LogP contribution >= 0.6 is 0 Å².